The van der Waals surface area contributed by atoms with Crippen molar-refractivity contribution in [2.45, 2.75) is 32.5 Å². The van der Waals surface area contributed by atoms with E-state index in [4.69, 9.17) is 0 Å². The van der Waals surface area contributed by atoms with Crippen molar-refractivity contribution in [1.29, 1.82) is 0 Å². The first kappa shape index (κ1) is 19.8. The number of aliphatic hydroxyl groups is 1. The molecule has 0 spiro atoms. The highest BCUT2D eigenvalue weighted by atomic mass is 16.3. The molecule has 152 valence electrons. The molecule has 2 aromatic heterocycles. The first-order chi connectivity index (χ1) is 14.2. The molecule has 0 bridgehead atoms. The minimum absolute atomic E-state index is 0.211. The number of hydrogen-bond acceptors (Lipinski definition) is 5. The van der Waals surface area contributed by atoms with E-state index in [0.29, 0.717) is 6.04 Å². The van der Waals surface area contributed by atoms with Gasteiger partial charge in [0.1, 0.15) is 0 Å². The lowest BCUT2D eigenvalue weighted by Gasteiger charge is -2.41. The summed E-state index contributed by atoms with van der Waals surface area (Å²) in [4.78, 5) is 9.58. The Labute approximate surface area is 172 Å². The summed E-state index contributed by atoms with van der Waals surface area (Å²) in [6.45, 7) is 6.89. The minimum Gasteiger partial charge on any atom is -0.396 e. The van der Waals surface area contributed by atoms with E-state index in [1.807, 2.05) is 42.1 Å². The predicted molar refractivity (Wildman–Crippen MR) is 114 cm³/mol. The third-order valence-electron chi connectivity index (χ3n) is 5.53. The molecule has 4 rings (SSSR count). The molecule has 1 saturated heterocycles. The molecule has 3 heterocycles. The molecule has 1 N–H and O–H groups in total. The normalized spacial score (nSPS) is 18.2. The van der Waals surface area contributed by atoms with Crippen LogP contribution in [0.1, 0.15) is 23.4 Å². The number of nitrogens with zero attached hydrogens (tertiary/aromatic N) is 5. The van der Waals surface area contributed by atoms with E-state index in [9.17, 15) is 5.11 Å². The van der Waals surface area contributed by atoms with Gasteiger partial charge in [0, 0.05) is 62.8 Å². The molecule has 0 amide bonds. The van der Waals surface area contributed by atoms with Crippen LogP contribution in [0.15, 0.2) is 60.9 Å². The summed E-state index contributed by atoms with van der Waals surface area (Å²) in [5, 5.41) is 14.1. The molecule has 0 unspecified atom stereocenters. The number of aryl methyl sites for hydroxylation is 1. The highest BCUT2D eigenvalue weighted by Gasteiger charge is 2.27. The molecule has 6 nitrogen and oxygen atoms in total. The van der Waals surface area contributed by atoms with Crippen molar-refractivity contribution >= 4 is 0 Å². The fourth-order valence-corrected chi connectivity index (χ4v) is 4.05. The Morgan fingerprint density at radius 1 is 1.03 bits per heavy atom. The quantitative estimate of drug-likeness (QED) is 0.671. The van der Waals surface area contributed by atoms with Gasteiger partial charge in [-0.15, -0.1) is 0 Å². The standard InChI is InChI=1S/C23H29N5O/c1-19-6-5-7-21(25-19)17-27-12-11-26(18-23(27)10-13-29)15-20-14-24-28(16-20)22-8-3-2-4-9-22/h2-9,14,16,23,29H,10-13,15,17-18H2,1H3/t23-/m1/s1. The lowest BCUT2D eigenvalue weighted by atomic mass is 10.1. The third-order valence-corrected chi connectivity index (χ3v) is 5.53. The first-order valence-electron chi connectivity index (χ1n) is 10.3. The van der Waals surface area contributed by atoms with Crippen LogP contribution in [0.3, 0.4) is 0 Å². The zero-order valence-electron chi connectivity index (χ0n) is 17.0. The van der Waals surface area contributed by atoms with Crippen LogP contribution in [0.2, 0.25) is 0 Å². The first-order valence-corrected chi connectivity index (χ1v) is 10.3. The Balaban J connectivity index is 1.39. The largest absolute Gasteiger partial charge is 0.396 e. The Bertz CT molecular complexity index is 910. The third kappa shape index (κ3) is 5.09. The maximum Gasteiger partial charge on any atom is 0.0645 e. The summed E-state index contributed by atoms with van der Waals surface area (Å²) >= 11 is 0. The van der Waals surface area contributed by atoms with Crippen LogP contribution in [-0.4, -0.2) is 62.0 Å². The zero-order chi connectivity index (χ0) is 20.1. The summed E-state index contributed by atoms with van der Waals surface area (Å²) in [5.74, 6) is 0. The topological polar surface area (TPSA) is 57.4 Å². The molecule has 6 heteroatoms. The number of aliphatic hydroxyl groups excluding tert-OH is 1. The SMILES string of the molecule is Cc1cccc(CN2CCN(Cc3cnn(-c4ccccc4)c3)C[C@H]2CCO)n1. The second kappa shape index (κ2) is 9.31. The van der Waals surface area contributed by atoms with Crippen LogP contribution in [0.4, 0.5) is 0 Å². The van der Waals surface area contributed by atoms with E-state index >= 15 is 0 Å². The summed E-state index contributed by atoms with van der Waals surface area (Å²) < 4.78 is 1.93. The van der Waals surface area contributed by atoms with Crippen molar-refractivity contribution in [3.8, 4) is 5.69 Å². The number of para-hydroxylation sites is 1. The van der Waals surface area contributed by atoms with Crippen molar-refractivity contribution in [1.82, 2.24) is 24.6 Å². The molecule has 1 aromatic carbocycles. The fourth-order valence-electron chi connectivity index (χ4n) is 4.05. The van der Waals surface area contributed by atoms with Gasteiger partial charge in [-0.1, -0.05) is 24.3 Å². The van der Waals surface area contributed by atoms with Gasteiger partial charge in [0.2, 0.25) is 0 Å². The van der Waals surface area contributed by atoms with E-state index in [2.05, 4.69) is 50.3 Å². The van der Waals surface area contributed by atoms with Crippen molar-refractivity contribution < 1.29 is 5.11 Å². The highest BCUT2D eigenvalue weighted by molar-refractivity contribution is 5.30. The van der Waals surface area contributed by atoms with Gasteiger partial charge in [0.25, 0.3) is 0 Å². The molecule has 1 aliphatic heterocycles. The van der Waals surface area contributed by atoms with Gasteiger partial charge in [-0.2, -0.15) is 5.10 Å². The van der Waals surface area contributed by atoms with Crippen LogP contribution in [0.25, 0.3) is 5.69 Å². The fraction of sp³-hybridized carbons (Fsp3) is 0.391. The van der Waals surface area contributed by atoms with Gasteiger partial charge in [-0.25, -0.2) is 4.68 Å². The number of rotatable bonds is 7. The lowest BCUT2D eigenvalue weighted by Crippen LogP contribution is -2.52. The average molecular weight is 392 g/mol. The van der Waals surface area contributed by atoms with Crippen molar-refractivity contribution in [2.24, 2.45) is 0 Å². The van der Waals surface area contributed by atoms with Gasteiger partial charge in [-0.3, -0.25) is 14.8 Å². The van der Waals surface area contributed by atoms with Crippen LogP contribution >= 0.6 is 0 Å². The van der Waals surface area contributed by atoms with Crippen LogP contribution in [0, 0.1) is 6.92 Å². The molecule has 0 radical (unpaired) electrons. The molecule has 1 atom stereocenters. The monoisotopic (exact) mass is 391 g/mol. The van der Waals surface area contributed by atoms with E-state index in [1.54, 1.807) is 0 Å². The molecule has 3 aromatic rings. The summed E-state index contributed by atoms with van der Waals surface area (Å²) in [6, 6.07) is 16.7. The minimum atomic E-state index is 0.211. The molecule has 29 heavy (non-hydrogen) atoms. The van der Waals surface area contributed by atoms with E-state index in [-0.39, 0.29) is 6.61 Å². The maximum atomic E-state index is 9.58. The number of piperazine rings is 1. The summed E-state index contributed by atoms with van der Waals surface area (Å²) in [7, 11) is 0. The van der Waals surface area contributed by atoms with Crippen molar-refractivity contribution in [2.75, 3.05) is 26.2 Å². The molecular formula is C23H29N5O. The van der Waals surface area contributed by atoms with Gasteiger partial charge >= 0.3 is 0 Å². The Kier molecular flexibility index (Phi) is 6.34. The summed E-state index contributed by atoms with van der Waals surface area (Å²) in [6.07, 6.45) is 4.85. The van der Waals surface area contributed by atoms with Crippen molar-refractivity contribution in [3.63, 3.8) is 0 Å². The van der Waals surface area contributed by atoms with Gasteiger partial charge in [-0.05, 0) is 37.6 Å². The maximum absolute atomic E-state index is 9.58. The molecule has 1 aliphatic rings. The summed E-state index contributed by atoms with van der Waals surface area (Å²) in [5.41, 5.74) is 4.44. The second-order valence-corrected chi connectivity index (χ2v) is 7.77. The van der Waals surface area contributed by atoms with Gasteiger partial charge in [0.05, 0.1) is 17.6 Å². The number of pyridine rings is 1. The second-order valence-electron chi connectivity index (χ2n) is 7.77. The predicted octanol–water partition coefficient (Wildman–Crippen LogP) is 2.64. The van der Waals surface area contributed by atoms with Crippen LogP contribution in [-0.2, 0) is 13.1 Å². The lowest BCUT2D eigenvalue weighted by molar-refractivity contribution is 0.0491. The van der Waals surface area contributed by atoms with E-state index in [0.717, 1.165) is 56.2 Å². The van der Waals surface area contributed by atoms with E-state index in [1.165, 1.54) is 5.56 Å². The molecular weight excluding hydrogens is 362 g/mol. The van der Waals surface area contributed by atoms with Gasteiger partial charge in [0.15, 0.2) is 0 Å². The number of hydrogen-bond donors (Lipinski definition) is 1. The average Bonchev–Trinajstić information content (AvgIpc) is 3.19. The Morgan fingerprint density at radius 3 is 2.69 bits per heavy atom. The number of benzene rings is 1. The van der Waals surface area contributed by atoms with E-state index < -0.39 is 0 Å². The number of aromatic nitrogens is 3. The van der Waals surface area contributed by atoms with Gasteiger partial charge < -0.3 is 5.11 Å². The Hall–Kier alpha value is -2.54. The molecule has 1 fully saturated rings. The van der Waals surface area contributed by atoms with Crippen LogP contribution in [0.5, 0.6) is 0 Å². The Morgan fingerprint density at radius 2 is 1.90 bits per heavy atom. The smallest absolute Gasteiger partial charge is 0.0645 e. The molecule has 0 aliphatic carbocycles. The molecule has 0 saturated carbocycles. The van der Waals surface area contributed by atoms with Crippen molar-refractivity contribution in [3.05, 3.63) is 77.9 Å². The highest BCUT2D eigenvalue weighted by Crippen LogP contribution is 2.18. The van der Waals surface area contributed by atoms with Crippen LogP contribution < -0.4 is 0 Å². The zero-order valence-corrected chi connectivity index (χ0v) is 17.0.